The van der Waals surface area contributed by atoms with Crippen LogP contribution in [0.25, 0.3) is 0 Å². The number of amides is 1. The van der Waals surface area contributed by atoms with Gasteiger partial charge in [0.2, 0.25) is 5.78 Å². The average molecular weight is 342 g/mol. The number of benzene rings is 1. The van der Waals surface area contributed by atoms with Crippen LogP contribution in [0.3, 0.4) is 0 Å². The third-order valence-corrected chi connectivity index (χ3v) is 4.47. The van der Waals surface area contributed by atoms with Crippen molar-refractivity contribution in [1.82, 2.24) is 9.47 Å². The Labute approximate surface area is 149 Å². The number of Topliss-reactive ketones (excluding diaryl/α,β-unsaturated/α-hetero) is 1. The summed E-state index contributed by atoms with van der Waals surface area (Å²) in [4.78, 5) is 26.9. The van der Waals surface area contributed by atoms with Crippen LogP contribution < -0.4 is 4.90 Å². The Morgan fingerprint density at radius 2 is 1.72 bits per heavy atom. The lowest BCUT2D eigenvalue weighted by Gasteiger charge is -2.16. The molecule has 5 heteroatoms. The van der Waals surface area contributed by atoms with Crippen molar-refractivity contribution in [2.45, 2.75) is 20.4 Å². The van der Waals surface area contributed by atoms with Gasteiger partial charge in [-0.05, 0) is 25.5 Å². The lowest BCUT2D eigenvalue weighted by atomic mass is 10.1. The lowest BCUT2D eigenvalue weighted by Crippen LogP contribution is -3.11. The first-order valence-electron chi connectivity index (χ1n) is 8.55. The third kappa shape index (κ3) is 4.79. The molecule has 2 aromatic rings. The van der Waals surface area contributed by atoms with Gasteiger partial charge in [0.05, 0.1) is 7.05 Å². The zero-order valence-corrected chi connectivity index (χ0v) is 15.8. The van der Waals surface area contributed by atoms with Gasteiger partial charge >= 0.3 is 0 Å². The molecular weight excluding hydrogens is 314 g/mol. The summed E-state index contributed by atoms with van der Waals surface area (Å²) in [5.41, 5.74) is 4.03. The quantitative estimate of drug-likeness (QED) is 0.761. The second-order valence-electron chi connectivity index (χ2n) is 6.88. The van der Waals surface area contributed by atoms with Gasteiger partial charge in [0.25, 0.3) is 5.91 Å². The van der Waals surface area contributed by atoms with Gasteiger partial charge in [0, 0.05) is 37.6 Å². The summed E-state index contributed by atoms with van der Waals surface area (Å²) in [7, 11) is 5.34. The maximum Gasteiger partial charge on any atom is 0.277 e. The SMILES string of the molecule is Cc1cc(C(=O)C[NH+](C)CC(=O)N(C)C)c(C)n1Cc1ccccc1. The first kappa shape index (κ1) is 18.9. The normalized spacial score (nSPS) is 12.0. The van der Waals surface area contributed by atoms with Crippen molar-refractivity contribution in [3.05, 3.63) is 58.9 Å². The number of hydrogen-bond donors (Lipinski definition) is 1. The molecule has 0 saturated carbocycles. The molecule has 134 valence electrons. The van der Waals surface area contributed by atoms with Gasteiger partial charge in [0.15, 0.2) is 6.54 Å². The molecule has 0 radical (unpaired) electrons. The molecule has 1 heterocycles. The van der Waals surface area contributed by atoms with E-state index in [9.17, 15) is 9.59 Å². The number of carbonyl (C=O) groups is 2. The summed E-state index contributed by atoms with van der Waals surface area (Å²) in [6.45, 7) is 5.41. The number of nitrogens with one attached hydrogen (secondary N) is 1. The van der Waals surface area contributed by atoms with Crippen molar-refractivity contribution in [3.8, 4) is 0 Å². The summed E-state index contributed by atoms with van der Waals surface area (Å²) >= 11 is 0. The topological polar surface area (TPSA) is 46.8 Å². The van der Waals surface area contributed by atoms with Gasteiger partial charge in [-0.25, -0.2) is 0 Å². The summed E-state index contributed by atoms with van der Waals surface area (Å²) in [5, 5.41) is 0. The highest BCUT2D eigenvalue weighted by Crippen LogP contribution is 2.17. The monoisotopic (exact) mass is 342 g/mol. The predicted molar refractivity (Wildman–Crippen MR) is 99.1 cm³/mol. The van der Waals surface area contributed by atoms with Crippen molar-refractivity contribution in [1.29, 1.82) is 0 Å². The molecule has 0 bridgehead atoms. The Morgan fingerprint density at radius 1 is 1.08 bits per heavy atom. The molecule has 1 N–H and O–H groups in total. The molecular formula is C20H28N3O2+. The third-order valence-electron chi connectivity index (χ3n) is 4.47. The van der Waals surface area contributed by atoms with Gasteiger partial charge < -0.3 is 14.4 Å². The summed E-state index contributed by atoms with van der Waals surface area (Å²) in [6, 6.07) is 12.2. The summed E-state index contributed by atoms with van der Waals surface area (Å²) in [5.74, 6) is 0.108. The Bertz CT molecular complexity index is 748. The van der Waals surface area contributed by atoms with Gasteiger partial charge in [-0.3, -0.25) is 9.59 Å². The second-order valence-corrected chi connectivity index (χ2v) is 6.88. The van der Waals surface area contributed by atoms with E-state index in [1.807, 2.05) is 45.2 Å². The zero-order valence-electron chi connectivity index (χ0n) is 15.8. The first-order valence-corrected chi connectivity index (χ1v) is 8.55. The lowest BCUT2D eigenvalue weighted by molar-refractivity contribution is -0.862. The van der Waals surface area contributed by atoms with E-state index in [1.54, 1.807) is 19.0 Å². The van der Waals surface area contributed by atoms with Crippen LogP contribution in [-0.2, 0) is 11.3 Å². The molecule has 0 fully saturated rings. The second kappa shape index (κ2) is 8.12. The zero-order chi connectivity index (χ0) is 18.6. The number of quaternary nitrogens is 1. The number of aromatic nitrogens is 1. The highest BCUT2D eigenvalue weighted by atomic mass is 16.2. The molecule has 1 aromatic carbocycles. The van der Waals surface area contributed by atoms with E-state index in [2.05, 4.69) is 16.7 Å². The Morgan fingerprint density at radius 3 is 2.32 bits per heavy atom. The fourth-order valence-electron chi connectivity index (χ4n) is 2.94. The minimum Gasteiger partial charge on any atom is -0.344 e. The maximum absolute atomic E-state index is 12.7. The molecule has 2 rings (SSSR count). The summed E-state index contributed by atoms with van der Waals surface area (Å²) in [6.07, 6.45) is 0. The standard InChI is InChI=1S/C20H27N3O2/c1-15-11-18(19(24)13-22(5)14-20(25)21(3)4)16(2)23(15)12-17-9-7-6-8-10-17/h6-11H,12-14H2,1-5H3/p+1. The molecule has 1 amide bonds. The van der Waals surface area contributed by atoms with E-state index in [-0.39, 0.29) is 11.7 Å². The van der Waals surface area contributed by atoms with E-state index < -0.39 is 0 Å². The van der Waals surface area contributed by atoms with E-state index in [0.29, 0.717) is 13.1 Å². The van der Waals surface area contributed by atoms with Crippen molar-refractivity contribution in [2.24, 2.45) is 0 Å². The van der Waals surface area contributed by atoms with Gasteiger partial charge in [-0.1, -0.05) is 30.3 Å². The number of nitrogens with zero attached hydrogens (tertiary/aromatic N) is 2. The fraction of sp³-hybridized carbons (Fsp3) is 0.400. The average Bonchev–Trinajstić information content (AvgIpc) is 2.83. The van der Waals surface area contributed by atoms with Crippen LogP contribution in [-0.4, -0.2) is 55.4 Å². The van der Waals surface area contributed by atoms with Gasteiger partial charge in [-0.15, -0.1) is 0 Å². The van der Waals surface area contributed by atoms with Crippen molar-refractivity contribution >= 4 is 11.7 Å². The van der Waals surface area contributed by atoms with Gasteiger partial charge in [-0.2, -0.15) is 0 Å². The fourth-order valence-corrected chi connectivity index (χ4v) is 2.94. The molecule has 0 saturated heterocycles. The molecule has 0 aliphatic carbocycles. The van der Waals surface area contributed by atoms with Crippen LogP contribution in [0, 0.1) is 13.8 Å². The Kier molecular flexibility index (Phi) is 6.15. The molecule has 5 nitrogen and oxygen atoms in total. The summed E-state index contributed by atoms with van der Waals surface area (Å²) < 4.78 is 2.17. The molecule has 0 aliphatic rings. The van der Waals surface area contributed by atoms with Crippen LogP contribution in [0.2, 0.25) is 0 Å². The number of carbonyl (C=O) groups excluding carboxylic acids is 2. The van der Waals surface area contributed by atoms with Crippen LogP contribution in [0.5, 0.6) is 0 Å². The highest BCUT2D eigenvalue weighted by Gasteiger charge is 2.21. The largest absolute Gasteiger partial charge is 0.344 e. The van der Waals surface area contributed by atoms with Crippen LogP contribution in [0.15, 0.2) is 36.4 Å². The smallest absolute Gasteiger partial charge is 0.277 e. The maximum atomic E-state index is 12.7. The van der Waals surface area contributed by atoms with E-state index >= 15 is 0 Å². The minimum atomic E-state index is 0.0276. The van der Waals surface area contributed by atoms with Crippen molar-refractivity contribution in [2.75, 3.05) is 34.2 Å². The number of ketones is 1. The van der Waals surface area contributed by atoms with Gasteiger partial charge in [0.1, 0.15) is 6.54 Å². The van der Waals surface area contributed by atoms with E-state index in [0.717, 1.165) is 28.4 Å². The van der Waals surface area contributed by atoms with Crippen LogP contribution in [0.1, 0.15) is 27.3 Å². The number of aryl methyl sites for hydroxylation is 1. The van der Waals surface area contributed by atoms with E-state index in [4.69, 9.17) is 0 Å². The van der Waals surface area contributed by atoms with Crippen LogP contribution in [0.4, 0.5) is 0 Å². The van der Waals surface area contributed by atoms with Crippen LogP contribution >= 0.6 is 0 Å². The molecule has 25 heavy (non-hydrogen) atoms. The Hall–Kier alpha value is -2.40. The number of rotatable bonds is 7. The number of hydrogen-bond acceptors (Lipinski definition) is 2. The first-order chi connectivity index (χ1) is 11.8. The minimum absolute atomic E-state index is 0.0276. The highest BCUT2D eigenvalue weighted by molar-refractivity contribution is 5.98. The molecule has 0 aliphatic heterocycles. The predicted octanol–water partition coefficient (Wildman–Crippen LogP) is 0.939. The number of likely N-dealkylation sites (N-methyl/N-ethyl adjacent to an activating group) is 2. The van der Waals surface area contributed by atoms with Crippen molar-refractivity contribution < 1.29 is 14.5 Å². The molecule has 1 atom stereocenters. The van der Waals surface area contributed by atoms with E-state index in [1.165, 1.54) is 5.56 Å². The Balaban J connectivity index is 2.10. The molecule has 0 spiro atoms. The molecule has 1 aromatic heterocycles. The molecule has 1 unspecified atom stereocenters. The van der Waals surface area contributed by atoms with Crippen molar-refractivity contribution in [3.63, 3.8) is 0 Å².